The van der Waals surface area contributed by atoms with Crippen molar-refractivity contribution in [2.24, 2.45) is 5.92 Å². The molecule has 0 fully saturated rings. The molecule has 0 spiro atoms. The number of hydrogen-bond donors (Lipinski definition) is 2. The number of carbonyl (C=O) groups is 1. The van der Waals surface area contributed by atoms with Crippen LogP contribution in [0.5, 0.6) is 0 Å². The summed E-state index contributed by atoms with van der Waals surface area (Å²) in [5.74, 6) is 0.611. The first kappa shape index (κ1) is 15.7. The van der Waals surface area contributed by atoms with Gasteiger partial charge in [0.05, 0.1) is 5.60 Å². The maximum Gasteiger partial charge on any atom is 0.162 e. The summed E-state index contributed by atoms with van der Waals surface area (Å²) in [4.78, 5) is 11.5. The molecule has 1 aromatic carbocycles. The molecule has 2 N–H and O–H groups in total. The minimum absolute atomic E-state index is 0.151. The lowest BCUT2D eigenvalue weighted by Gasteiger charge is -2.26. The van der Waals surface area contributed by atoms with Crippen molar-refractivity contribution >= 4 is 11.5 Å². The van der Waals surface area contributed by atoms with Crippen LogP contribution < -0.4 is 5.32 Å². The van der Waals surface area contributed by atoms with E-state index in [1.54, 1.807) is 0 Å². The van der Waals surface area contributed by atoms with Crippen LogP contribution in [0.25, 0.3) is 0 Å². The Kier molecular flexibility index (Phi) is 5.55. The van der Waals surface area contributed by atoms with E-state index in [0.717, 1.165) is 17.7 Å². The number of carbonyl (C=O) groups excluding carboxylic acids is 1. The van der Waals surface area contributed by atoms with Gasteiger partial charge >= 0.3 is 0 Å². The molecule has 0 heterocycles. The van der Waals surface area contributed by atoms with Crippen molar-refractivity contribution in [1.82, 2.24) is 0 Å². The average Bonchev–Trinajstić information content (AvgIpc) is 2.34. The lowest BCUT2D eigenvalue weighted by molar-refractivity contribution is 0.0515. The molecule has 0 aliphatic heterocycles. The predicted octanol–water partition coefficient (Wildman–Crippen LogP) is 3.49. The lowest BCUT2D eigenvalue weighted by Crippen LogP contribution is -2.34. The van der Waals surface area contributed by atoms with Crippen LogP contribution in [-0.4, -0.2) is 23.0 Å². The number of rotatable bonds is 7. The number of nitrogens with one attached hydrogen (secondary N) is 1. The summed E-state index contributed by atoms with van der Waals surface area (Å²) in [5, 5.41) is 13.4. The Balaban J connectivity index is 2.57. The molecule has 3 nitrogen and oxygen atoms in total. The number of hydrogen-bond acceptors (Lipinski definition) is 3. The number of anilines is 1. The molecule has 19 heavy (non-hydrogen) atoms. The Morgan fingerprint density at radius 1 is 1.32 bits per heavy atom. The second-order valence-corrected chi connectivity index (χ2v) is 5.80. The SMILES string of the molecule is CCC(=O)c1ccc(NCC(C)(O)CC(C)C)cc1. The molecular weight excluding hydrogens is 238 g/mol. The molecule has 0 aromatic heterocycles. The number of ketones is 1. The van der Waals surface area contributed by atoms with Crippen molar-refractivity contribution in [3.63, 3.8) is 0 Å². The van der Waals surface area contributed by atoms with Crippen LogP contribution in [0.3, 0.4) is 0 Å². The third kappa shape index (κ3) is 5.43. The highest BCUT2D eigenvalue weighted by Gasteiger charge is 2.21. The Bertz CT molecular complexity index is 407. The van der Waals surface area contributed by atoms with Crippen molar-refractivity contribution in [2.75, 3.05) is 11.9 Å². The number of aliphatic hydroxyl groups is 1. The highest BCUT2D eigenvalue weighted by atomic mass is 16.3. The zero-order valence-electron chi connectivity index (χ0n) is 12.4. The normalized spacial score (nSPS) is 14.2. The summed E-state index contributed by atoms with van der Waals surface area (Å²) in [6.07, 6.45) is 1.28. The van der Waals surface area contributed by atoms with Crippen LogP contribution in [0.4, 0.5) is 5.69 Å². The van der Waals surface area contributed by atoms with Gasteiger partial charge in [-0.2, -0.15) is 0 Å². The van der Waals surface area contributed by atoms with Gasteiger partial charge in [-0.25, -0.2) is 0 Å². The molecule has 1 atom stereocenters. The molecule has 1 aromatic rings. The van der Waals surface area contributed by atoms with Gasteiger partial charge in [-0.15, -0.1) is 0 Å². The van der Waals surface area contributed by atoms with Gasteiger partial charge in [-0.05, 0) is 43.5 Å². The highest BCUT2D eigenvalue weighted by molar-refractivity contribution is 5.96. The minimum Gasteiger partial charge on any atom is -0.388 e. The van der Waals surface area contributed by atoms with Crippen LogP contribution in [-0.2, 0) is 0 Å². The molecule has 1 unspecified atom stereocenters. The Morgan fingerprint density at radius 3 is 2.37 bits per heavy atom. The molecule has 0 amide bonds. The summed E-state index contributed by atoms with van der Waals surface area (Å²) in [6.45, 7) is 8.40. The molecule has 0 bridgehead atoms. The lowest BCUT2D eigenvalue weighted by atomic mass is 9.94. The second-order valence-electron chi connectivity index (χ2n) is 5.80. The van der Waals surface area contributed by atoms with Gasteiger partial charge in [0.1, 0.15) is 0 Å². The first-order valence-corrected chi connectivity index (χ1v) is 6.93. The molecule has 0 aliphatic carbocycles. The van der Waals surface area contributed by atoms with Crippen molar-refractivity contribution in [3.05, 3.63) is 29.8 Å². The smallest absolute Gasteiger partial charge is 0.162 e. The molecule has 3 heteroatoms. The zero-order valence-corrected chi connectivity index (χ0v) is 12.4. The number of Topliss-reactive ketones (excluding diaryl/α,β-unsaturated/α-hetero) is 1. The highest BCUT2D eigenvalue weighted by Crippen LogP contribution is 2.18. The first-order chi connectivity index (χ1) is 8.84. The average molecular weight is 263 g/mol. The Morgan fingerprint density at radius 2 is 1.89 bits per heavy atom. The number of benzene rings is 1. The van der Waals surface area contributed by atoms with Gasteiger partial charge in [0, 0.05) is 24.2 Å². The second kappa shape index (κ2) is 6.71. The summed E-state index contributed by atoms with van der Waals surface area (Å²) in [5.41, 5.74) is 0.949. The fraction of sp³-hybridized carbons (Fsp3) is 0.562. The van der Waals surface area contributed by atoms with E-state index in [2.05, 4.69) is 19.2 Å². The van der Waals surface area contributed by atoms with Crippen LogP contribution in [0.1, 0.15) is 50.9 Å². The summed E-state index contributed by atoms with van der Waals surface area (Å²) < 4.78 is 0. The van der Waals surface area contributed by atoms with Gasteiger partial charge in [-0.3, -0.25) is 4.79 Å². The maximum atomic E-state index is 11.5. The fourth-order valence-corrected chi connectivity index (χ4v) is 2.22. The molecule has 0 aliphatic rings. The van der Waals surface area contributed by atoms with Gasteiger partial charge in [-0.1, -0.05) is 20.8 Å². The van der Waals surface area contributed by atoms with E-state index in [0.29, 0.717) is 18.9 Å². The third-order valence-electron chi connectivity index (χ3n) is 3.05. The van der Waals surface area contributed by atoms with Crippen molar-refractivity contribution in [3.8, 4) is 0 Å². The van der Waals surface area contributed by atoms with Crippen LogP contribution in [0.2, 0.25) is 0 Å². The van der Waals surface area contributed by atoms with Gasteiger partial charge < -0.3 is 10.4 Å². The van der Waals surface area contributed by atoms with E-state index in [9.17, 15) is 9.90 Å². The molecule has 1 rings (SSSR count). The molecule has 0 saturated heterocycles. The van der Waals surface area contributed by atoms with Crippen LogP contribution in [0, 0.1) is 5.92 Å². The van der Waals surface area contributed by atoms with Gasteiger partial charge in [0.15, 0.2) is 5.78 Å². The zero-order chi connectivity index (χ0) is 14.5. The van der Waals surface area contributed by atoms with E-state index in [1.165, 1.54) is 0 Å². The predicted molar refractivity (Wildman–Crippen MR) is 79.6 cm³/mol. The van der Waals surface area contributed by atoms with Gasteiger partial charge in [0.25, 0.3) is 0 Å². The van der Waals surface area contributed by atoms with E-state index in [1.807, 2.05) is 38.1 Å². The van der Waals surface area contributed by atoms with Crippen molar-refractivity contribution < 1.29 is 9.90 Å². The van der Waals surface area contributed by atoms with Crippen LogP contribution in [0.15, 0.2) is 24.3 Å². The van der Waals surface area contributed by atoms with Crippen molar-refractivity contribution in [2.45, 2.75) is 46.1 Å². The molecular formula is C16H25NO2. The van der Waals surface area contributed by atoms with Gasteiger partial charge in [0.2, 0.25) is 0 Å². The monoisotopic (exact) mass is 263 g/mol. The topological polar surface area (TPSA) is 49.3 Å². The Labute approximate surface area is 116 Å². The minimum atomic E-state index is -0.716. The Hall–Kier alpha value is -1.35. The molecule has 0 saturated carbocycles. The summed E-state index contributed by atoms with van der Waals surface area (Å²) >= 11 is 0. The third-order valence-corrected chi connectivity index (χ3v) is 3.05. The van der Waals surface area contributed by atoms with Crippen molar-refractivity contribution in [1.29, 1.82) is 0 Å². The van der Waals surface area contributed by atoms with E-state index < -0.39 is 5.60 Å². The van der Waals surface area contributed by atoms with E-state index in [4.69, 9.17) is 0 Å². The molecule has 0 radical (unpaired) electrons. The summed E-state index contributed by atoms with van der Waals surface area (Å²) in [7, 11) is 0. The molecule has 106 valence electrons. The quantitative estimate of drug-likeness (QED) is 0.740. The maximum absolute atomic E-state index is 11.5. The van der Waals surface area contributed by atoms with E-state index >= 15 is 0 Å². The van der Waals surface area contributed by atoms with E-state index in [-0.39, 0.29) is 5.78 Å². The first-order valence-electron chi connectivity index (χ1n) is 6.93. The van der Waals surface area contributed by atoms with Crippen LogP contribution >= 0.6 is 0 Å². The summed E-state index contributed by atoms with van der Waals surface area (Å²) in [6, 6.07) is 7.42. The fourth-order valence-electron chi connectivity index (χ4n) is 2.22. The largest absolute Gasteiger partial charge is 0.388 e. The standard InChI is InChI=1S/C16H25NO2/c1-5-15(18)13-6-8-14(9-7-13)17-11-16(4,19)10-12(2)3/h6-9,12,17,19H,5,10-11H2,1-4H3.